The van der Waals surface area contributed by atoms with E-state index in [1.54, 1.807) is 0 Å². The average molecular weight is 168 g/mol. The van der Waals surface area contributed by atoms with Crippen molar-refractivity contribution in [2.24, 2.45) is 0 Å². The third-order valence-electron chi connectivity index (χ3n) is 1.69. The van der Waals surface area contributed by atoms with E-state index in [0.717, 1.165) is 12.2 Å². The van der Waals surface area contributed by atoms with Gasteiger partial charge in [-0.1, -0.05) is 6.08 Å². The molecule has 4 heteroatoms. The van der Waals surface area contributed by atoms with Gasteiger partial charge < -0.3 is 10.2 Å². The second-order valence-electron chi connectivity index (χ2n) is 2.57. The van der Waals surface area contributed by atoms with Gasteiger partial charge in [0, 0.05) is 5.57 Å². The van der Waals surface area contributed by atoms with Crippen LogP contribution in [0.4, 0.5) is 0 Å². The molecule has 0 aromatic rings. The molecule has 2 N–H and O–H groups in total. The van der Waals surface area contributed by atoms with Gasteiger partial charge in [0.15, 0.2) is 11.9 Å². The second-order valence-corrected chi connectivity index (χ2v) is 2.57. The Morgan fingerprint density at radius 2 is 2.17 bits per heavy atom. The Kier molecular flexibility index (Phi) is 2.21. The first-order chi connectivity index (χ1) is 5.62. The van der Waals surface area contributed by atoms with Gasteiger partial charge in [-0.25, -0.2) is 0 Å². The fraction of sp³-hybridized carbons (Fsp3) is 0.250. The van der Waals surface area contributed by atoms with E-state index in [-0.39, 0.29) is 11.9 Å². The van der Waals surface area contributed by atoms with Crippen LogP contribution in [0, 0.1) is 0 Å². The van der Waals surface area contributed by atoms with Crippen molar-refractivity contribution in [2.45, 2.75) is 11.7 Å². The highest BCUT2D eigenvalue weighted by molar-refractivity contribution is 5.81. The second kappa shape index (κ2) is 3.00. The van der Waals surface area contributed by atoms with Crippen molar-refractivity contribution >= 4 is 12.6 Å². The van der Waals surface area contributed by atoms with Gasteiger partial charge >= 0.3 is 0 Å². The minimum Gasteiger partial charge on any atom is -0.385 e. The number of aliphatic hydroxyl groups is 2. The molecule has 12 heavy (non-hydrogen) atoms. The number of aliphatic hydroxyl groups excluding tert-OH is 1. The smallest absolute Gasteiger partial charge is 0.167 e. The van der Waals surface area contributed by atoms with E-state index in [4.69, 9.17) is 5.11 Å². The lowest BCUT2D eigenvalue weighted by molar-refractivity contribution is -0.126. The molecule has 0 saturated carbocycles. The summed E-state index contributed by atoms with van der Waals surface area (Å²) in [4.78, 5) is 20.5. The topological polar surface area (TPSA) is 74.6 Å². The standard InChI is InChI=1S/C8H8O4/c9-4-6-1-2-8(12,5-10)7(11)3-6/h1-5,7,11-12H. The minimum atomic E-state index is -1.88. The number of carbonyl (C=O) groups is 2. The van der Waals surface area contributed by atoms with E-state index < -0.39 is 11.7 Å². The summed E-state index contributed by atoms with van der Waals surface area (Å²) < 4.78 is 0. The quantitative estimate of drug-likeness (QED) is 0.517. The van der Waals surface area contributed by atoms with Crippen LogP contribution in [0.15, 0.2) is 23.8 Å². The Morgan fingerprint density at radius 3 is 2.58 bits per heavy atom. The van der Waals surface area contributed by atoms with Crippen LogP contribution in [0.5, 0.6) is 0 Å². The molecule has 2 unspecified atom stereocenters. The first kappa shape index (κ1) is 8.83. The lowest BCUT2D eigenvalue weighted by atomic mass is 9.91. The molecule has 0 heterocycles. The van der Waals surface area contributed by atoms with Crippen LogP contribution in [0.2, 0.25) is 0 Å². The van der Waals surface area contributed by atoms with Crippen LogP contribution in [0.3, 0.4) is 0 Å². The highest BCUT2D eigenvalue weighted by Crippen LogP contribution is 2.18. The summed E-state index contributed by atoms with van der Waals surface area (Å²) in [5.41, 5.74) is -1.64. The maximum atomic E-state index is 10.3. The van der Waals surface area contributed by atoms with Crippen molar-refractivity contribution in [1.82, 2.24) is 0 Å². The van der Waals surface area contributed by atoms with E-state index in [0.29, 0.717) is 6.29 Å². The molecule has 0 aromatic carbocycles. The lowest BCUT2D eigenvalue weighted by Crippen LogP contribution is -2.42. The summed E-state index contributed by atoms with van der Waals surface area (Å²) >= 11 is 0. The van der Waals surface area contributed by atoms with Gasteiger partial charge in [0.05, 0.1) is 0 Å². The van der Waals surface area contributed by atoms with Gasteiger partial charge in [-0.05, 0) is 12.2 Å². The largest absolute Gasteiger partial charge is 0.385 e. The maximum absolute atomic E-state index is 10.3. The van der Waals surface area contributed by atoms with Crippen LogP contribution in [-0.2, 0) is 9.59 Å². The third kappa shape index (κ3) is 1.34. The summed E-state index contributed by atoms with van der Waals surface area (Å²) in [5.74, 6) is 0. The molecule has 0 amide bonds. The van der Waals surface area contributed by atoms with Crippen LogP contribution < -0.4 is 0 Å². The lowest BCUT2D eigenvalue weighted by Gasteiger charge is -2.24. The molecule has 4 nitrogen and oxygen atoms in total. The van der Waals surface area contributed by atoms with E-state index in [1.807, 2.05) is 0 Å². The highest BCUT2D eigenvalue weighted by Gasteiger charge is 2.33. The van der Waals surface area contributed by atoms with E-state index >= 15 is 0 Å². The van der Waals surface area contributed by atoms with Gasteiger partial charge in [0.1, 0.15) is 12.4 Å². The minimum absolute atomic E-state index is 0.228. The number of hydrogen-bond acceptors (Lipinski definition) is 4. The number of rotatable bonds is 2. The Morgan fingerprint density at radius 1 is 1.50 bits per heavy atom. The normalized spacial score (nSPS) is 34.2. The average Bonchev–Trinajstić information content (AvgIpc) is 2.10. The summed E-state index contributed by atoms with van der Waals surface area (Å²) in [6.07, 6.45) is 2.92. The van der Waals surface area contributed by atoms with Gasteiger partial charge in [0.25, 0.3) is 0 Å². The zero-order valence-electron chi connectivity index (χ0n) is 6.18. The molecule has 0 aliphatic heterocycles. The first-order valence-corrected chi connectivity index (χ1v) is 3.35. The maximum Gasteiger partial charge on any atom is 0.167 e. The summed E-state index contributed by atoms with van der Waals surface area (Å²) in [7, 11) is 0. The van der Waals surface area contributed by atoms with Crippen LogP contribution in [0.1, 0.15) is 0 Å². The third-order valence-corrected chi connectivity index (χ3v) is 1.69. The number of hydrogen-bond donors (Lipinski definition) is 2. The van der Waals surface area contributed by atoms with Gasteiger partial charge in [-0.15, -0.1) is 0 Å². The number of allylic oxidation sites excluding steroid dienone is 2. The Labute approximate surface area is 68.8 Å². The van der Waals surface area contributed by atoms with Crippen molar-refractivity contribution in [3.63, 3.8) is 0 Å². The number of carbonyl (C=O) groups excluding carboxylic acids is 2. The Bertz CT molecular complexity index is 266. The van der Waals surface area contributed by atoms with Gasteiger partial charge in [-0.3, -0.25) is 9.59 Å². The molecule has 0 saturated heterocycles. The molecule has 1 aliphatic carbocycles. The Balaban J connectivity index is 2.95. The summed E-state index contributed by atoms with van der Waals surface area (Å²) in [6, 6.07) is 0. The zero-order valence-corrected chi connectivity index (χ0v) is 6.18. The Hall–Kier alpha value is -1.26. The molecule has 2 atom stereocenters. The predicted molar refractivity (Wildman–Crippen MR) is 40.3 cm³/mol. The SMILES string of the molecule is O=CC1=CC(O)C(O)(C=O)C=C1. The van der Waals surface area contributed by atoms with Gasteiger partial charge in [-0.2, -0.15) is 0 Å². The predicted octanol–water partition coefficient (Wildman–Crippen LogP) is -1.03. The van der Waals surface area contributed by atoms with Crippen LogP contribution in [0.25, 0.3) is 0 Å². The van der Waals surface area contributed by atoms with Crippen molar-refractivity contribution in [2.75, 3.05) is 0 Å². The highest BCUT2D eigenvalue weighted by atomic mass is 16.3. The van der Waals surface area contributed by atoms with Crippen LogP contribution >= 0.6 is 0 Å². The van der Waals surface area contributed by atoms with E-state index in [1.165, 1.54) is 6.08 Å². The van der Waals surface area contributed by atoms with E-state index in [9.17, 15) is 14.7 Å². The molecule has 1 aliphatic rings. The number of aldehydes is 2. The molecule has 0 aromatic heterocycles. The van der Waals surface area contributed by atoms with Crippen LogP contribution in [-0.4, -0.2) is 34.5 Å². The zero-order chi connectivity index (χ0) is 9.19. The van der Waals surface area contributed by atoms with Crippen molar-refractivity contribution in [1.29, 1.82) is 0 Å². The molecule has 0 fully saturated rings. The first-order valence-electron chi connectivity index (χ1n) is 3.35. The molecule has 1 rings (SSSR count). The molecule has 0 radical (unpaired) electrons. The monoisotopic (exact) mass is 168 g/mol. The van der Waals surface area contributed by atoms with Crippen molar-refractivity contribution in [3.8, 4) is 0 Å². The molecular weight excluding hydrogens is 160 g/mol. The summed E-state index contributed by atoms with van der Waals surface area (Å²) in [5, 5.41) is 18.5. The molecule has 0 bridgehead atoms. The fourth-order valence-corrected chi connectivity index (χ4v) is 0.887. The molecular formula is C8H8O4. The fourth-order valence-electron chi connectivity index (χ4n) is 0.887. The summed E-state index contributed by atoms with van der Waals surface area (Å²) in [6.45, 7) is 0. The molecule has 0 spiro atoms. The molecule has 64 valence electrons. The van der Waals surface area contributed by atoms with Crippen molar-refractivity contribution < 1.29 is 19.8 Å². The van der Waals surface area contributed by atoms with Gasteiger partial charge in [0.2, 0.25) is 0 Å². The van der Waals surface area contributed by atoms with E-state index in [2.05, 4.69) is 0 Å². The van der Waals surface area contributed by atoms with Crippen molar-refractivity contribution in [3.05, 3.63) is 23.8 Å².